The second kappa shape index (κ2) is 12.2. The first-order chi connectivity index (χ1) is 21.2. The summed E-state index contributed by atoms with van der Waals surface area (Å²) < 4.78 is 12.2. The van der Waals surface area contributed by atoms with Crippen molar-refractivity contribution in [2.45, 2.75) is 49.7 Å². The number of cyclic esters (lactones) is 1. The maximum absolute atomic E-state index is 14.9. The molecule has 44 heavy (non-hydrogen) atoms. The minimum Gasteiger partial charge on any atom is -0.460 e. The summed E-state index contributed by atoms with van der Waals surface area (Å²) in [7, 11) is 0. The standard InChI is InChI=1S/C33H34ClN3O7/c1-20-18-35-26(39)10-6-3-7-17-36(23-13-11-22(34)12-14-23)31(41)29-33-16-15-25(44-33)27(32(42)43-20)28(33)30(40)37(29)24(19-38)21-8-4-2-5-9-21/h2-5,7-9,11-16,20,24-25,27-29,38H,6,10,17-19H2,1H3,(H,35,39)/b7-3-/t20-,24+,25+,27-,28-,29+,33-/m0/s1. The molecule has 4 aliphatic heterocycles. The molecule has 11 heteroatoms. The van der Waals surface area contributed by atoms with Crippen molar-refractivity contribution < 1.29 is 33.8 Å². The first kappa shape index (κ1) is 30.1. The molecular formula is C33H34ClN3O7. The normalized spacial score (nSPS) is 31.9. The largest absolute Gasteiger partial charge is 0.460 e. The number of anilines is 1. The molecule has 2 aromatic carbocycles. The Hall–Kier alpha value is -3.99. The zero-order valence-electron chi connectivity index (χ0n) is 24.2. The van der Waals surface area contributed by atoms with Gasteiger partial charge in [-0.2, -0.15) is 0 Å². The molecule has 230 valence electrons. The monoisotopic (exact) mass is 619 g/mol. The van der Waals surface area contributed by atoms with E-state index in [4.69, 9.17) is 21.1 Å². The summed E-state index contributed by atoms with van der Waals surface area (Å²) >= 11 is 6.17. The number of hydrogen-bond donors (Lipinski definition) is 2. The van der Waals surface area contributed by atoms with Gasteiger partial charge in [-0.25, -0.2) is 0 Å². The molecule has 1 spiro atoms. The Morgan fingerprint density at radius 1 is 1.05 bits per heavy atom. The number of ether oxygens (including phenoxy) is 2. The topological polar surface area (TPSA) is 125 Å². The van der Waals surface area contributed by atoms with Crippen LogP contribution in [0.25, 0.3) is 0 Å². The lowest BCUT2D eigenvalue weighted by Crippen LogP contribution is -2.57. The predicted octanol–water partition coefficient (Wildman–Crippen LogP) is 2.96. The fourth-order valence-electron chi connectivity index (χ4n) is 6.79. The van der Waals surface area contributed by atoms with Crippen LogP contribution in [0.3, 0.4) is 0 Å². The number of carbonyl (C=O) groups is 4. The lowest BCUT2D eigenvalue weighted by Gasteiger charge is -2.39. The molecule has 10 nitrogen and oxygen atoms in total. The number of fused-ring (bicyclic) bond motifs is 2. The van der Waals surface area contributed by atoms with E-state index in [9.17, 15) is 24.3 Å². The molecule has 0 saturated carbocycles. The second-order valence-electron chi connectivity index (χ2n) is 11.5. The SMILES string of the molecule is C[C@H]1CNC(=O)CC/C=C\CN(c2ccc(Cl)cc2)C(=O)[C@H]2N([C@H](CO)c3ccccc3)C(=O)[C@@H]3[C@@H](C(=O)O1)[C@H]1C=C[C@]32O1. The van der Waals surface area contributed by atoms with E-state index in [1.807, 2.05) is 12.1 Å². The van der Waals surface area contributed by atoms with Crippen LogP contribution in [0.5, 0.6) is 0 Å². The average Bonchev–Trinajstić information content (AvgIpc) is 3.66. The van der Waals surface area contributed by atoms with E-state index in [-0.39, 0.29) is 25.4 Å². The zero-order chi connectivity index (χ0) is 31.0. The first-order valence-corrected chi connectivity index (χ1v) is 15.2. The Balaban J connectivity index is 1.49. The highest BCUT2D eigenvalue weighted by Crippen LogP contribution is 2.57. The number of rotatable bonds is 4. The third-order valence-corrected chi connectivity index (χ3v) is 9.06. The van der Waals surface area contributed by atoms with Crippen LogP contribution < -0.4 is 10.2 Å². The number of nitrogens with one attached hydrogen (secondary N) is 1. The van der Waals surface area contributed by atoms with Crippen LogP contribution in [0.4, 0.5) is 5.69 Å². The number of carbonyl (C=O) groups excluding carboxylic acids is 4. The molecule has 2 fully saturated rings. The maximum Gasteiger partial charge on any atom is 0.313 e. The second-order valence-corrected chi connectivity index (χ2v) is 12.0. The van der Waals surface area contributed by atoms with Gasteiger partial charge in [-0.15, -0.1) is 0 Å². The molecule has 4 aliphatic rings. The van der Waals surface area contributed by atoms with Crippen molar-refractivity contribution in [1.82, 2.24) is 10.2 Å². The Bertz CT molecular complexity index is 1500. The average molecular weight is 620 g/mol. The van der Waals surface area contributed by atoms with Crippen molar-refractivity contribution in [3.05, 3.63) is 89.5 Å². The van der Waals surface area contributed by atoms with Gasteiger partial charge in [0.05, 0.1) is 31.2 Å². The number of allylic oxidation sites excluding steroid dienone is 1. The number of hydrogen-bond acceptors (Lipinski definition) is 7. The Kier molecular flexibility index (Phi) is 8.32. The van der Waals surface area contributed by atoms with Crippen LogP contribution in [-0.4, -0.2) is 77.2 Å². The van der Waals surface area contributed by atoms with E-state index in [0.717, 1.165) is 0 Å². The summed E-state index contributed by atoms with van der Waals surface area (Å²) in [5, 5.41) is 14.0. The van der Waals surface area contributed by atoms with Gasteiger partial charge in [0, 0.05) is 23.7 Å². The Labute approximate surface area is 260 Å². The van der Waals surface area contributed by atoms with Crippen LogP contribution >= 0.6 is 11.6 Å². The zero-order valence-corrected chi connectivity index (χ0v) is 24.9. The third kappa shape index (κ3) is 5.21. The minimum atomic E-state index is -1.47. The number of aliphatic hydroxyl groups is 1. The van der Waals surface area contributed by atoms with Gasteiger partial charge in [0.1, 0.15) is 23.7 Å². The maximum atomic E-state index is 14.9. The summed E-state index contributed by atoms with van der Waals surface area (Å²) in [4.78, 5) is 58.4. The van der Waals surface area contributed by atoms with Crippen molar-refractivity contribution in [2.24, 2.45) is 11.8 Å². The molecule has 7 atom stereocenters. The smallest absolute Gasteiger partial charge is 0.313 e. The van der Waals surface area contributed by atoms with Gasteiger partial charge >= 0.3 is 5.97 Å². The lowest BCUT2D eigenvalue weighted by atomic mass is 9.74. The molecule has 2 saturated heterocycles. The Morgan fingerprint density at radius 3 is 2.52 bits per heavy atom. The highest BCUT2D eigenvalue weighted by atomic mass is 35.5. The van der Waals surface area contributed by atoms with Crippen LogP contribution in [0.1, 0.15) is 31.4 Å². The summed E-state index contributed by atoms with van der Waals surface area (Å²) in [6, 6.07) is 13.7. The van der Waals surface area contributed by atoms with E-state index >= 15 is 0 Å². The quantitative estimate of drug-likeness (QED) is 0.398. The van der Waals surface area contributed by atoms with Gasteiger partial charge in [0.15, 0.2) is 0 Å². The van der Waals surface area contributed by atoms with Gasteiger partial charge in [0.25, 0.3) is 5.91 Å². The summed E-state index contributed by atoms with van der Waals surface area (Å²) in [6.45, 7) is 1.46. The molecule has 0 radical (unpaired) electrons. The molecule has 6 rings (SSSR count). The van der Waals surface area contributed by atoms with Crippen LogP contribution in [0, 0.1) is 11.8 Å². The van der Waals surface area contributed by atoms with Crippen molar-refractivity contribution in [1.29, 1.82) is 0 Å². The summed E-state index contributed by atoms with van der Waals surface area (Å²) in [5.74, 6) is -3.84. The molecule has 2 N–H and O–H groups in total. The first-order valence-electron chi connectivity index (χ1n) is 14.8. The predicted molar refractivity (Wildman–Crippen MR) is 161 cm³/mol. The molecule has 4 heterocycles. The number of halogens is 1. The number of aliphatic hydroxyl groups excluding tert-OH is 1. The van der Waals surface area contributed by atoms with Crippen LogP contribution in [0.2, 0.25) is 5.02 Å². The van der Waals surface area contributed by atoms with E-state index in [2.05, 4.69) is 5.32 Å². The van der Waals surface area contributed by atoms with Gasteiger partial charge in [-0.05, 0) is 43.2 Å². The number of nitrogens with zero attached hydrogens (tertiary/aromatic N) is 2. The summed E-state index contributed by atoms with van der Waals surface area (Å²) in [5.41, 5.74) is -0.294. The minimum absolute atomic E-state index is 0.115. The summed E-state index contributed by atoms with van der Waals surface area (Å²) in [6.07, 6.45) is 6.28. The molecule has 5 bridgehead atoms. The number of benzene rings is 2. The molecular weight excluding hydrogens is 586 g/mol. The van der Waals surface area contributed by atoms with Crippen molar-refractivity contribution in [3.63, 3.8) is 0 Å². The molecule has 3 amide bonds. The van der Waals surface area contributed by atoms with E-state index in [0.29, 0.717) is 22.7 Å². The number of likely N-dealkylation sites (tertiary alicyclic amines) is 1. The van der Waals surface area contributed by atoms with Crippen LogP contribution in [0.15, 0.2) is 78.9 Å². The lowest BCUT2D eigenvalue weighted by molar-refractivity contribution is -0.159. The van der Waals surface area contributed by atoms with Crippen LogP contribution in [-0.2, 0) is 28.7 Å². The van der Waals surface area contributed by atoms with Gasteiger partial charge in [0.2, 0.25) is 11.8 Å². The van der Waals surface area contributed by atoms with Crippen molar-refractivity contribution in [3.8, 4) is 0 Å². The van der Waals surface area contributed by atoms with Gasteiger partial charge in [-0.3, -0.25) is 19.2 Å². The fourth-order valence-corrected chi connectivity index (χ4v) is 6.92. The molecule has 0 unspecified atom stereocenters. The van der Waals surface area contributed by atoms with Crippen molar-refractivity contribution >= 4 is 41.0 Å². The third-order valence-electron chi connectivity index (χ3n) is 8.81. The molecule has 0 aromatic heterocycles. The number of amides is 3. The van der Waals surface area contributed by atoms with E-state index in [1.165, 1.54) is 9.80 Å². The van der Waals surface area contributed by atoms with E-state index in [1.54, 1.807) is 73.7 Å². The highest BCUT2D eigenvalue weighted by molar-refractivity contribution is 6.30. The fraction of sp³-hybridized carbons (Fsp3) is 0.394. The Morgan fingerprint density at radius 2 is 1.80 bits per heavy atom. The number of esters is 1. The van der Waals surface area contributed by atoms with Crippen molar-refractivity contribution in [2.75, 3.05) is 24.6 Å². The van der Waals surface area contributed by atoms with Gasteiger partial charge < -0.3 is 29.7 Å². The van der Waals surface area contributed by atoms with E-state index < -0.39 is 66.1 Å². The molecule has 0 aliphatic carbocycles. The van der Waals surface area contributed by atoms with Gasteiger partial charge in [-0.1, -0.05) is 66.2 Å². The highest BCUT2D eigenvalue weighted by Gasteiger charge is 2.74. The molecule has 2 aromatic rings.